The number of hydrogen-bond donors (Lipinski definition) is 2. The summed E-state index contributed by atoms with van der Waals surface area (Å²) in [7, 11) is 0. The first-order valence-electron chi connectivity index (χ1n) is 7.47. The predicted molar refractivity (Wildman–Crippen MR) is 81.8 cm³/mol. The third kappa shape index (κ3) is 3.05. The fraction of sp³-hybridized carbons (Fsp3) is 0.647. The van der Waals surface area contributed by atoms with Gasteiger partial charge in [0, 0.05) is 12.0 Å². The summed E-state index contributed by atoms with van der Waals surface area (Å²) in [6, 6.07) is 8.20. The molecular formula is C17H27NO2. The summed E-state index contributed by atoms with van der Waals surface area (Å²) >= 11 is 0. The zero-order chi connectivity index (χ0) is 14.8. The van der Waals surface area contributed by atoms with Crippen molar-refractivity contribution < 1.29 is 9.84 Å². The Kier molecular flexibility index (Phi) is 4.52. The molecule has 0 spiro atoms. The van der Waals surface area contributed by atoms with E-state index < -0.39 is 5.41 Å². The van der Waals surface area contributed by atoms with Gasteiger partial charge in [0.05, 0.1) is 18.3 Å². The van der Waals surface area contributed by atoms with Crippen LogP contribution in [0.25, 0.3) is 0 Å². The van der Waals surface area contributed by atoms with Gasteiger partial charge in [-0.2, -0.15) is 0 Å². The van der Waals surface area contributed by atoms with Crippen molar-refractivity contribution in [2.24, 2.45) is 5.73 Å². The van der Waals surface area contributed by atoms with Gasteiger partial charge in [-0.05, 0) is 51.2 Å². The first-order chi connectivity index (χ1) is 9.42. The van der Waals surface area contributed by atoms with Crippen molar-refractivity contribution in [2.45, 2.75) is 57.2 Å². The molecule has 3 N–H and O–H groups in total. The summed E-state index contributed by atoms with van der Waals surface area (Å²) in [5.41, 5.74) is 7.94. The standard InChI is InChI=1S/C17H27NO2/c1-13-6-4-5-7-15(13)17(11-18,12-19)10-14-8-9-16(2,3)20-14/h4-7,14,19H,8-12,18H2,1-3H3. The van der Waals surface area contributed by atoms with E-state index in [0.29, 0.717) is 6.54 Å². The van der Waals surface area contributed by atoms with Crippen molar-refractivity contribution in [1.29, 1.82) is 0 Å². The first kappa shape index (κ1) is 15.5. The van der Waals surface area contributed by atoms with Crippen LogP contribution >= 0.6 is 0 Å². The van der Waals surface area contributed by atoms with Crippen LogP contribution in [-0.2, 0) is 10.2 Å². The highest BCUT2D eigenvalue weighted by atomic mass is 16.5. The van der Waals surface area contributed by atoms with Crippen molar-refractivity contribution in [3.63, 3.8) is 0 Å². The van der Waals surface area contributed by atoms with E-state index in [4.69, 9.17) is 10.5 Å². The number of aliphatic hydroxyl groups is 1. The maximum Gasteiger partial charge on any atom is 0.0631 e. The van der Waals surface area contributed by atoms with Crippen LogP contribution in [0.15, 0.2) is 24.3 Å². The van der Waals surface area contributed by atoms with E-state index in [1.54, 1.807) is 0 Å². The highest BCUT2D eigenvalue weighted by Gasteiger charge is 2.39. The van der Waals surface area contributed by atoms with Crippen molar-refractivity contribution >= 4 is 0 Å². The quantitative estimate of drug-likeness (QED) is 0.869. The molecule has 0 aromatic heterocycles. The fourth-order valence-electron chi connectivity index (χ4n) is 3.34. The monoisotopic (exact) mass is 277 g/mol. The van der Waals surface area contributed by atoms with Gasteiger partial charge in [0.2, 0.25) is 0 Å². The third-order valence-electron chi connectivity index (χ3n) is 4.58. The lowest BCUT2D eigenvalue weighted by Crippen LogP contribution is -2.42. The maximum atomic E-state index is 10.0. The Bertz CT molecular complexity index is 452. The number of rotatable bonds is 5. The van der Waals surface area contributed by atoms with Gasteiger partial charge in [0.25, 0.3) is 0 Å². The van der Waals surface area contributed by atoms with Crippen LogP contribution in [0.2, 0.25) is 0 Å². The average Bonchev–Trinajstić information content (AvgIpc) is 2.76. The topological polar surface area (TPSA) is 55.5 Å². The van der Waals surface area contributed by atoms with Crippen molar-refractivity contribution in [3.05, 3.63) is 35.4 Å². The second-order valence-corrected chi connectivity index (χ2v) is 6.70. The zero-order valence-electron chi connectivity index (χ0n) is 12.9. The molecule has 1 saturated heterocycles. The average molecular weight is 277 g/mol. The van der Waals surface area contributed by atoms with Gasteiger partial charge in [-0.15, -0.1) is 0 Å². The summed E-state index contributed by atoms with van der Waals surface area (Å²) in [5, 5.41) is 10.0. The minimum absolute atomic E-state index is 0.0494. The lowest BCUT2D eigenvalue weighted by Gasteiger charge is -2.35. The molecule has 1 aliphatic rings. The second-order valence-electron chi connectivity index (χ2n) is 6.70. The zero-order valence-corrected chi connectivity index (χ0v) is 12.9. The highest BCUT2D eigenvalue weighted by Crippen LogP contribution is 2.38. The molecule has 0 amide bonds. The molecule has 112 valence electrons. The molecule has 1 aromatic carbocycles. The summed E-state index contributed by atoms with van der Waals surface area (Å²) in [5.74, 6) is 0. The fourth-order valence-corrected chi connectivity index (χ4v) is 3.34. The van der Waals surface area contributed by atoms with E-state index in [9.17, 15) is 5.11 Å². The Morgan fingerprint density at radius 2 is 2.10 bits per heavy atom. The number of aryl methyl sites for hydroxylation is 1. The molecule has 0 bridgehead atoms. The molecule has 20 heavy (non-hydrogen) atoms. The van der Waals surface area contributed by atoms with Crippen molar-refractivity contribution in [3.8, 4) is 0 Å². The van der Waals surface area contributed by atoms with E-state index in [1.165, 1.54) is 5.56 Å². The molecule has 2 unspecified atom stereocenters. The largest absolute Gasteiger partial charge is 0.395 e. The van der Waals surface area contributed by atoms with Crippen molar-refractivity contribution in [1.82, 2.24) is 0 Å². The van der Waals surface area contributed by atoms with Crippen LogP contribution in [0.1, 0.15) is 44.2 Å². The van der Waals surface area contributed by atoms with Gasteiger partial charge in [-0.25, -0.2) is 0 Å². The van der Waals surface area contributed by atoms with E-state index in [-0.39, 0.29) is 18.3 Å². The van der Waals surface area contributed by atoms with Crippen LogP contribution in [0.5, 0.6) is 0 Å². The Hall–Kier alpha value is -0.900. The van der Waals surface area contributed by atoms with Gasteiger partial charge in [0.15, 0.2) is 0 Å². The molecule has 1 aliphatic heterocycles. The molecule has 1 heterocycles. The van der Waals surface area contributed by atoms with Crippen molar-refractivity contribution in [2.75, 3.05) is 13.2 Å². The van der Waals surface area contributed by atoms with Crippen LogP contribution in [0.3, 0.4) is 0 Å². The lowest BCUT2D eigenvalue weighted by atomic mass is 9.74. The SMILES string of the molecule is Cc1ccccc1C(CN)(CO)CC1CCC(C)(C)O1. The van der Waals surface area contributed by atoms with Gasteiger partial charge < -0.3 is 15.6 Å². The third-order valence-corrected chi connectivity index (χ3v) is 4.58. The lowest BCUT2D eigenvalue weighted by molar-refractivity contribution is -0.0313. The van der Waals surface area contributed by atoms with Gasteiger partial charge >= 0.3 is 0 Å². The number of hydrogen-bond acceptors (Lipinski definition) is 3. The smallest absolute Gasteiger partial charge is 0.0631 e. The van der Waals surface area contributed by atoms with Crippen LogP contribution in [0, 0.1) is 6.92 Å². The maximum absolute atomic E-state index is 10.0. The molecule has 0 aliphatic carbocycles. The summed E-state index contributed by atoms with van der Waals surface area (Å²) in [4.78, 5) is 0. The molecule has 2 rings (SSSR count). The number of benzene rings is 1. The summed E-state index contributed by atoms with van der Waals surface area (Å²) < 4.78 is 6.10. The summed E-state index contributed by atoms with van der Waals surface area (Å²) in [6.45, 7) is 6.84. The Labute approximate surface area is 122 Å². The number of aliphatic hydroxyl groups excluding tert-OH is 1. The normalized spacial score (nSPS) is 24.6. The molecule has 0 saturated carbocycles. The minimum atomic E-state index is -0.392. The molecular weight excluding hydrogens is 250 g/mol. The van der Waals surface area contributed by atoms with E-state index >= 15 is 0 Å². The molecule has 2 atom stereocenters. The van der Waals surface area contributed by atoms with Crippen LogP contribution in [0.4, 0.5) is 0 Å². The molecule has 0 radical (unpaired) electrons. The van der Waals surface area contributed by atoms with Crippen LogP contribution < -0.4 is 5.73 Å². The van der Waals surface area contributed by atoms with Crippen LogP contribution in [-0.4, -0.2) is 30.0 Å². The Morgan fingerprint density at radius 3 is 2.60 bits per heavy atom. The predicted octanol–water partition coefficient (Wildman–Crippen LogP) is 2.53. The van der Waals surface area contributed by atoms with Gasteiger partial charge in [-0.1, -0.05) is 24.3 Å². The first-order valence-corrected chi connectivity index (χ1v) is 7.47. The molecule has 1 aromatic rings. The van der Waals surface area contributed by atoms with Gasteiger partial charge in [0.1, 0.15) is 0 Å². The highest BCUT2D eigenvalue weighted by molar-refractivity contribution is 5.34. The number of nitrogens with two attached hydrogens (primary N) is 1. The molecule has 3 nitrogen and oxygen atoms in total. The molecule has 3 heteroatoms. The van der Waals surface area contributed by atoms with E-state index in [2.05, 4.69) is 32.9 Å². The molecule has 1 fully saturated rings. The summed E-state index contributed by atoms with van der Waals surface area (Å²) in [6.07, 6.45) is 3.08. The second kappa shape index (κ2) is 5.84. The number of ether oxygens (including phenoxy) is 1. The van der Waals surface area contributed by atoms with E-state index in [1.807, 2.05) is 12.1 Å². The Morgan fingerprint density at radius 1 is 1.40 bits per heavy atom. The Balaban J connectivity index is 2.25. The van der Waals surface area contributed by atoms with E-state index in [0.717, 1.165) is 24.8 Å². The van der Waals surface area contributed by atoms with Gasteiger partial charge in [-0.3, -0.25) is 0 Å². The minimum Gasteiger partial charge on any atom is -0.395 e.